The summed E-state index contributed by atoms with van der Waals surface area (Å²) in [6, 6.07) is 6.01. The highest BCUT2D eigenvalue weighted by atomic mass is 16.5. The van der Waals surface area contributed by atoms with Crippen LogP contribution in [-0.4, -0.2) is 30.6 Å². The lowest BCUT2D eigenvalue weighted by molar-refractivity contribution is -0.129. The van der Waals surface area contributed by atoms with Crippen LogP contribution in [0.4, 0.5) is 0 Å². The van der Waals surface area contributed by atoms with Gasteiger partial charge in [-0.25, -0.2) is 0 Å². The maximum absolute atomic E-state index is 11.7. The third-order valence-electron chi connectivity index (χ3n) is 2.79. The first kappa shape index (κ1) is 15.9. The van der Waals surface area contributed by atoms with Crippen molar-refractivity contribution in [2.24, 2.45) is 5.92 Å². The van der Waals surface area contributed by atoms with E-state index in [1.807, 2.05) is 13.8 Å². The molecule has 5 heteroatoms. The van der Waals surface area contributed by atoms with E-state index in [4.69, 9.17) is 4.74 Å². The Morgan fingerprint density at radius 2 is 2.05 bits per heavy atom. The summed E-state index contributed by atoms with van der Waals surface area (Å²) in [7, 11) is 0. The Hall–Kier alpha value is -2.17. The van der Waals surface area contributed by atoms with Gasteiger partial charge in [0.05, 0.1) is 6.04 Å². The molecule has 20 heavy (non-hydrogen) atoms. The Morgan fingerprint density at radius 1 is 1.35 bits per heavy atom. The first-order valence-corrected chi connectivity index (χ1v) is 6.42. The lowest BCUT2D eigenvalue weighted by atomic mass is 10.0. The molecule has 0 aromatic heterocycles. The van der Waals surface area contributed by atoms with Gasteiger partial charge in [-0.2, -0.15) is 0 Å². The van der Waals surface area contributed by atoms with Gasteiger partial charge in [-0.1, -0.05) is 26.0 Å². The summed E-state index contributed by atoms with van der Waals surface area (Å²) < 4.78 is 5.29. The molecule has 0 aliphatic rings. The van der Waals surface area contributed by atoms with E-state index in [0.717, 1.165) is 0 Å². The number of carbonyl (C=O) groups excluding carboxylic acids is 3. The Bertz CT molecular complexity index is 496. The zero-order chi connectivity index (χ0) is 15.1. The fourth-order valence-electron chi connectivity index (χ4n) is 1.78. The third kappa shape index (κ3) is 4.84. The number of ether oxygens (including phenoxy) is 1. The van der Waals surface area contributed by atoms with Crippen LogP contribution in [0.5, 0.6) is 5.75 Å². The van der Waals surface area contributed by atoms with Gasteiger partial charge in [0.15, 0.2) is 12.4 Å². The van der Waals surface area contributed by atoms with Crippen molar-refractivity contribution in [3.63, 3.8) is 0 Å². The summed E-state index contributed by atoms with van der Waals surface area (Å²) in [5.41, 5.74) is 0.478. The predicted molar refractivity (Wildman–Crippen MR) is 74.8 cm³/mol. The van der Waals surface area contributed by atoms with E-state index in [1.165, 1.54) is 6.92 Å². The van der Waals surface area contributed by atoms with Crippen LogP contribution in [0.2, 0.25) is 0 Å². The van der Waals surface area contributed by atoms with Gasteiger partial charge in [-0.3, -0.25) is 14.4 Å². The number of benzene rings is 1. The maximum atomic E-state index is 11.7. The summed E-state index contributed by atoms with van der Waals surface area (Å²) in [4.78, 5) is 33.7. The molecule has 0 spiro atoms. The zero-order valence-corrected chi connectivity index (χ0v) is 11.9. The summed E-state index contributed by atoms with van der Waals surface area (Å²) >= 11 is 0. The summed E-state index contributed by atoms with van der Waals surface area (Å²) in [5, 5.41) is 2.63. The van der Waals surface area contributed by atoms with Crippen molar-refractivity contribution in [3.8, 4) is 5.75 Å². The Balaban J connectivity index is 2.54. The van der Waals surface area contributed by atoms with Crippen LogP contribution in [0.1, 0.15) is 31.1 Å². The van der Waals surface area contributed by atoms with Gasteiger partial charge in [-0.15, -0.1) is 0 Å². The molecule has 1 N–H and O–H groups in total. The van der Waals surface area contributed by atoms with Gasteiger partial charge in [-0.05, 0) is 25.0 Å². The van der Waals surface area contributed by atoms with Crippen LogP contribution in [0.3, 0.4) is 0 Å². The molecule has 1 aromatic rings. The van der Waals surface area contributed by atoms with Crippen molar-refractivity contribution < 1.29 is 19.1 Å². The van der Waals surface area contributed by atoms with Crippen molar-refractivity contribution in [1.29, 1.82) is 0 Å². The van der Waals surface area contributed by atoms with Crippen LogP contribution in [0.15, 0.2) is 24.3 Å². The molecule has 0 aliphatic carbocycles. The van der Waals surface area contributed by atoms with Crippen molar-refractivity contribution >= 4 is 18.0 Å². The number of nitrogens with one attached hydrogen (secondary N) is 1. The van der Waals surface area contributed by atoms with E-state index in [-0.39, 0.29) is 24.2 Å². The minimum Gasteiger partial charge on any atom is -0.484 e. The first-order valence-electron chi connectivity index (χ1n) is 6.42. The van der Waals surface area contributed by atoms with E-state index < -0.39 is 6.04 Å². The maximum Gasteiger partial charge on any atom is 0.258 e. The highest BCUT2D eigenvalue weighted by Crippen LogP contribution is 2.11. The number of rotatable bonds is 7. The molecule has 0 aliphatic heterocycles. The topological polar surface area (TPSA) is 72.5 Å². The third-order valence-corrected chi connectivity index (χ3v) is 2.79. The van der Waals surface area contributed by atoms with Crippen LogP contribution >= 0.6 is 0 Å². The number of hydrogen-bond acceptors (Lipinski definition) is 4. The molecule has 1 unspecified atom stereocenters. The lowest BCUT2D eigenvalue weighted by Crippen LogP contribution is -2.45. The fraction of sp³-hybridized carbons (Fsp3) is 0.400. The summed E-state index contributed by atoms with van der Waals surface area (Å²) in [6.45, 7) is 4.97. The predicted octanol–water partition coefficient (Wildman–Crippen LogP) is 1.61. The van der Waals surface area contributed by atoms with Gasteiger partial charge < -0.3 is 10.1 Å². The molecular formula is C15H19NO4. The smallest absolute Gasteiger partial charge is 0.258 e. The monoisotopic (exact) mass is 277 g/mol. The highest BCUT2D eigenvalue weighted by Gasteiger charge is 2.20. The molecule has 0 heterocycles. The molecule has 0 saturated carbocycles. The zero-order valence-electron chi connectivity index (χ0n) is 11.9. The Kier molecular flexibility index (Phi) is 5.90. The van der Waals surface area contributed by atoms with E-state index in [9.17, 15) is 14.4 Å². The van der Waals surface area contributed by atoms with Crippen molar-refractivity contribution in [2.45, 2.75) is 26.8 Å². The molecule has 0 fully saturated rings. The van der Waals surface area contributed by atoms with E-state index >= 15 is 0 Å². The standard InChI is InChI=1S/C15H19NO4/c1-10(2)15(11(3)18)16-14(19)9-20-13-6-4-5-12(7-13)8-17/h4-8,10,15H,9H2,1-3H3,(H,16,19). The minimum absolute atomic E-state index is 0.0230. The summed E-state index contributed by atoms with van der Waals surface area (Å²) in [5.74, 6) is 0.00946. The average Bonchev–Trinajstić information content (AvgIpc) is 2.42. The Morgan fingerprint density at radius 3 is 2.60 bits per heavy atom. The second-order valence-corrected chi connectivity index (χ2v) is 4.88. The number of aldehydes is 1. The molecule has 1 aromatic carbocycles. The molecule has 0 bridgehead atoms. The van der Waals surface area contributed by atoms with Gasteiger partial charge in [0.25, 0.3) is 5.91 Å². The molecular weight excluding hydrogens is 258 g/mol. The number of hydrogen-bond donors (Lipinski definition) is 1. The minimum atomic E-state index is -0.507. The molecule has 108 valence electrons. The molecule has 0 saturated heterocycles. The van der Waals surface area contributed by atoms with Crippen molar-refractivity contribution in [2.75, 3.05) is 6.61 Å². The number of amides is 1. The highest BCUT2D eigenvalue weighted by molar-refractivity contribution is 5.88. The Labute approximate surface area is 118 Å². The van der Waals surface area contributed by atoms with Gasteiger partial charge in [0, 0.05) is 5.56 Å². The van der Waals surface area contributed by atoms with Crippen LogP contribution < -0.4 is 10.1 Å². The van der Waals surface area contributed by atoms with Crippen LogP contribution in [0, 0.1) is 5.92 Å². The van der Waals surface area contributed by atoms with Gasteiger partial charge in [0.2, 0.25) is 0 Å². The largest absolute Gasteiger partial charge is 0.484 e. The van der Waals surface area contributed by atoms with Gasteiger partial charge >= 0.3 is 0 Å². The molecule has 1 rings (SSSR count). The lowest BCUT2D eigenvalue weighted by Gasteiger charge is -2.19. The SMILES string of the molecule is CC(=O)C(NC(=O)COc1cccc(C=O)c1)C(C)C. The second kappa shape index (κ2) is 7.43. The molecule has 1 amide bonds. The summed E-state index contributed by atoms with van der Waals surface area (Å²) in [6.07, 6.45) is 0.706. The first-order chi connectivity index (χ1) is 9.43. The average molecular weight is 277 g/mol. The van der Waals surface area contributed by atoms with Gasteiger partial charge in [0.1, 0.15) is 12.0 Å². The number of carbonyl (C=O) groups is 3. The quantitative estimate of drug-likeness (QED) is 0.768. The number of Topliss-reactive ketones (excluding diaryl/α,β-unsaturated/α-hetero) is 1. The fourth-order valence-corrected chi connectivity index (χ4v) is 1.78. The van der Waals surface area contributed by atoms with Crippen molar-refractivity contribution in [3.05, 3.63) is 29.8 Å². The van der Waals surface area contributed by atoms with E-state index in [1.54, 1.807) is 24.3 Å². The van der Waals surface area contributed by atoms with E-state index in [0.29, 0.717) is 17.6 Å². The second-order valence-electron chi connectivity index (χ2n) is 4.88. The number of ketones is 1. The van der Waals surface area contributed by atoms with Crippen LogP contribution in [-0.2, 0) is 9.59 Å². The van der Waals surface area contributed by atoms with Crippen LogP contribution in [0.25, 0.3) is 0 Å². The molecule has 1 atom stereocenters. The normalized spacial score (nSPS) is 11.8. The van der Waals surface area contributed by atoms with E-state index in [2.05, 4.69) is 5.32 Å². The van der Waals surface area contributed by atoms with Crippen molar-refractivity contribution in [1.82, 2.24) is 5.32 Å². The molecule has 0 radical (unpaired) electrons. The molecule has 5 nitrogen and oxygen atoms in total.